The van der Waals surface area contributed by atoms with Gasteiger partial charge in [0.05, 0.1) is 23.2 Å². The number of benzene rings is 1. The summed E-state index contributed by atoms with van der Waals surface area (Å²) in [6, 6.07) is 3.52. The van der Waals surface area contributed by atoms with E-state index in [-0.39, 0.29) is 6.61 Å². The van der Waals surface area contributed by atoms with E-state index in [4.69, 9.17) is 5.11 Å². The summed E-state index contributed by atoms with van der Waals surface area (Å²) in [6.07, 6.45) is -2.84. The monoisotopic (exact) mass is 272 g/mol. The highest BCUT2D eigenvalue weighted by Gasteiger charge is 2.31. The predicted octanol–water partition coefficient (Wildman–Crippen LogP) is 3.00. The summed E-state index contributed by atoms with van der Waals surface area (Å²) in [6.45, 7) is 2.25. The van der Waals surface area contributed by atoms with Crippen molar-refractivity contribution in [3.63, 3.8) is 0 Å². The molecule has 0 bridgehead atoms. The van der Waals surface area contributed by atoms with Crippen LogP contribution in [-0.4, -0.2) is 21.3 Å². The molecule has 0 atom stereocenters. The molecule has 104 valence electrons. The topological polar surface area (TPSA) is 38.0 Å². The van der Waals surface area contributed by atoms with Crippen LogP contribution >= 0.6 is 0 Å². The third kappa shape index (κ3) is 2.73. The quantitative estimate of drug-likeness (QED) is 0.929. The van der Waals surface area contributed by atoms with Crippen molar-refractivity contribution in [1.82, 2.24) is 9.55 Å². The number of aliphatic hydroxyl groups excluding tert-OH is 1. The number of nitrogens with zero attached hydrogens (tertiary/aromatic N) is 2. The molecule has 1 aromatic heterocycles. The van der Waals surface area contributed by atoms with Crippen molar-refractivity contribution in [2.24, 2.45) is 0 Å². The second-order valence-electron chi connectivity index (χ2n) is 4.35. The van der Waals surface area contributed by atoms with E-state index in [0.717, 1.165) is 18.6 Å². The van der Waals surface area contributed by atoms with Crippen molar-refractivity contribution in [2.45, 2.75) is 32.5 Å². The lowest BCUT2D eigenvalue weighted by atomic mass is 10.2. The van der Waals surface area contributed by atoms with Gasteiger partial charge in [-0.05, 0) is 24.6 Å². The summed E-state index contributed by atoms with van der Waals surface area (Å²) in [5.74, 6) is 0.714. The molecule has 0 fully saturated rings. The van der Waals surface area contributed by atoms with Gasteiger partial charge in [-0.1, -0.05) is 6.92 Å². The Hall–Kier alpha value is -1.56. The lowest BCUT2D eigenvalue weighted by molar-refractivity contribution is -0.137. The second-order valence-corrected chi connectivity index (χ2v) is 4.35. The average molecular weight is 272 g/mol. The van der Waals surface area contributed by atoms with Crippen LogP contribution < -0.4 is 0 Å². The van der Waals surface area contributed by atoms with E-state index in [0.29, 0.717) is 29.8 Å². The Morgan fingerprint density at radius 2 is 2.05 bits per heavy atom. The molecule has 0 spiro atoms. The summed E-state index contributed by atoms with van der Waals surface area (Å²) in [7, 11) is 0. The van der Waals surface area contributed by atoms with Crippen molar-refractivity contribution in [1.29, 1.82) is 0 Å². The van der Waals surface area contributed by atoms with E-state index in [1.165, 1.54) is 6.07 Å². The van der Waals surface area contributed by atoms with Gasteiger partial charge in [0, 0.05) is 13.0 Å². The van der Waals surface area contributed by atoms with Crippen LogP contribution in [0.15, 0.2) is 18.2 Å². The first kappa shape index (κ1) is 13.9. The Morgan fingerprint density at radius 3 is 2.63 bits per heavy atom. The van der Waals surface area contributed by atoms with Crippen LogP contribution in [0.25, 0.3) is 11.0 Å². The smallest absolute Gasteiger partial charge is 0.395 e. The van der Waals surface area contributed by atoms with E-state index in [9.17, 15) is 13.2 Å². The van der Waals surface area contributed by atoms with Gasteiger partial charge in [0.25, 0.3) is 0 Å². The lowest BCUT2D eigenvalue weighted by Crippen LogP contribution is -2.07. The zero-order chi connectivity index (χ0) is 14.0. The highest BCUT2D eigenvalue weighted by atomic mass is 19.4. The number of aromatic nitrogens is 2. The first-order valence-corrected chi connectivity index (χ1v) is 6.14. The Bertz CT molecular complexity index is 575. The molecule has 0 saturated heterocycles. The zero-order valence-corrected chi connectivity index (χ0v) is 10.5. The number of rotatable bonds is 4. The Labute approximate surface area is 108 Å². The Balaban J connectivity index is 2.55. The van der Waals surface area contributed by atoms with Gasteiger partial charge in [-0.3, -0.25) is 0 Å². The number of halogens is 3. The molecule has 0 saturated carbocycles. The molecule has 1 aromatic carbocycles. The molecule has 6 heteroatoms. The number of hydrogen-bond donors (Lipinski definition) is 1. The van der Waals surface area contributed by atoms with Crippen LogP contribution in [0.5, 0.6) is 0 Å². The third-order valence-electron chi connectivity index (χ3n) is 2.95. The summed E-state index contributed by atoms with van der Waals surface area (Å²) >= 11 is 0. The van der Waals surface area contributed by atoms with Crippen LogP contribution in [0.4, 0.5) is 13.2 Å². The number of imidazole rings is 1. The first-order valence-electron chi connectivity index (χ1n) is 6.14. The maximum atomic E-state index is 12.6. The van der Waals surface area contributed by atoms with E-state index in [1.54, 1.807) is 4.57 Å². The van der Waals surface area contributed by atoms with Crippen molar-refractivity contribution in [3.05, 3.63) is 29.6 Å². The molecule has 0 aliphatic carbocycles. The van der Waals surface area contributed by atoms with Gasteiger partial charge in [0.1, 0.15) is 5.82 Å². The fraction of sp³-hybridized carbons (Fsp3) is 0.462. The maximum Gasteiger partial charge on any atom is 0.416 e. The normalized spacial score (nSPS) is 12.3. The fourth-order valence-corrected chi connectivity index (χ4v) is 2.12. The number of aryl methyl sites for hydroxylation is 1. The van der Waals surface area contributed by atoms with Crippen molar-refractivity contribution < 1.29 is 18.3 Å². The van der Waals surface area contributed by atoms with E-state index in [2.05, 4.69) is 4.98 Å². The number of alkyl halides is 3. The van der Waals surface area contributed by atoms with Gasteiger partial charge in [-0.2, -0.15) is 13.2 Å². The standard InChI is InChI=1S/C13H15F3N2O/c1-2-3-12-17-10-8-9(13(14,15)16)4-5-11(10)18(12)6-7-19/h4-5,8,19H,2-3,6-7H2,1H3. The molecule has 0 amide bonds. The van der Waals surface area contributed by atoms with Crippen molar-refractivity contribution >= 4 is 11.0 Å². The fourth-order valence-electron chi connectivity index (χ4n) is 2.12. The number of aliphatic hydroxyl groups is 1. The van der Waals surface area contributed by atoms with Gasteiger partial charge in [-0.15, -0.1) is 0 Å². The molecule has 1 heterocycles. The summed E-state index contributed by atoms with van der Waals surface area (Å²) in [5.41, 5.74) is 0.258. The van der Waals surface area contributed by atoms with Gasteiger partial charge in [0.2, 0.25) is 0 Å². The number of fused-ring (bicyclic) bond motifs is 1. The van der Waals surface area contributed by atoms with Gasteiger partial charge in [0.15, 0.2) is 0 Å². The lowest BCUT2D eigenvalue weighted by Gasteiger charge is -2.08. The van der Waals surface area contributed by atoms with Crippen molar-refractivity contribution in [2.75, 3.05) is 6.61 Å². The summed E-state index contributed by atoms with van der Waals surface area (Å²) in [4.78, 5) is 4.25. The molecule has 1 N–H and O–H groups in total. The molecule has 0 aliphatic heterocycles. The van der Waals surface area contributed by atoms with Gasteiger partial charge in [-0.25, -0.2) is 4.98 Å². The molecule has 19 heavy (non-hydrogen) atoms. The molecule has 0 unspecified atom stereocenters. The van der Waals surface area contributed by atoms with Crippen molar-refractivity contribution in [3.8, 4) is 0 Å². The van der Waals surface area contributed by atoms with E-state index in [1.807, 2.05) is 6.92 Å². The molecule has 2 rings (SSSR count). The molecule has 0 aliphatic rings. The highest BCUT2D eigenvalue weighted by molar-refractivity contribution is 5.77. The van der Waals surface area contributed by atoms with E-state index >= 15 is 0 Å². The summed E-state index contributed by atoms with van der Waals surface area (Å²) < 4.78 is 39.7. The molecule has 0 radical (unpaired) electrons. The Morgan fingerprint density at radius 1 is 1.32 bits per heavy atom. The van der Waals surface area contributed by atoms with Crippen LogP contribution in [0.1, 0.15) is 24.7 Å². The molecular weight excluding hydrogens is 257 g/mol. The minimum atomic E-state index is -4.36. The Kier molecular flexibility index (Phi) is 3.80. The van der Waals surface area contributed by atoms with Crippen LogP contribution in [-0.2, 0) is 19.1 Å². The summed E-state index contributed by atoms with van der Waals surface area (Å²) in [5, 5.41) is 9.05. The molecule has 2 aromatic rings. The minimum Gasteiger partial charge on any atom is -0.395 e. The minimum absolute atomic E-state index is 0.0663. The average Bonchev–Trinajstić information content (AvgIpc) is 2.67. The second kappa shape index (κ2) is 5.21. The zero-order valence-electron chi connectivity index (χ0n) is 10.5. The van der Waals surface area contributed by atoms with Crippen LogP contribution in [0.3, 0.4) is 0 Å². The number of hydrogen-bond acceptors (Lipinski definition) is 2. The van der Waals surface area contributed by atoms with E-state index < -0.39 is 11.7 Å². The maximum absolute atomic E-state index is 12.6. The van der Waals surface area contributed by atoms with Gasteiger partial charge >= 0.3 is 6.18 Å². The third-order valence-corrected chi connectivity index (χ3v) is 2.95. The van der Waals surface area contributed by atoms with Gasteiger partial charge < -0.3 is 9.67 Å². The van der Waals surface area contributed by atoms with Crippen LogP contribution in [0, 0.1) is 0 Å². The SMILES string of the molecule is CCCc1nc2cc(C(F)(F)F)ccc2n1CCO. The molecule has 3 nitrogen and oxygen atoms in total. The highest BCUT2D eigenvalue weighted by Crippen LogP contribution is 2.31. The van der Waals surface area contributed by atoms with Crippen LogP contribution in [0.2, 0.25) is 0 Å². The molecular formula is C13H15F3N2O. The predicted molar refractivity (Wildman–Crippen MR) is 65.8 cm³/mol. The largest absolute Gasteiger partial charge is 0.416 e. The first-order chi connectivity index (χ1) is 8.97.